The minimum Gasteiger partial charge on any atom is -0.398 e. The fourth-order valence-corrected chi connectivity index (χ4v) is 2.32. The van der Waals surface area contributed by atoms with Crippen LogP contribution in [0, 0.1) is 0 Å². The maximum atomic E-state index is 12.0. The van der Waals surface area contributed by atoms with Gasteiger partial charge in [0.1, 0.15) is 0 Å². The molecule has 0 bridgehead atoms. The zero-order valence-electron chi connectivity index (χ0n) is 15.4. The highest BCUT2D eigenvalue weighted by atomic mass is 16.7. The summed E-state index contributed by atoms with van der Waals surface area (Å²) in [5.74, 6) is -1.06. The standard InChI is InChI=1S/C22H18N4O3/c23-20-9-5-4-8-19(20)22(28)25-24-17-11-13-18(14-12-17)26-29-21(27)15-10-16-6-2-1-3-7-16/h1-15,26H,23H2/b15-10+,25-24?. The first-order chi connectivity index (χ1) is 14.1. The summed E-state index contributed by atoms with van der Waals surface area (Å²) in [6, 6.07) is 22.6. The quantitative estimate of drug-likeness (QED) is 0.274. The maximum Gasteiger partial charge on any atom is 0.355 e. The van der Waals surface area contributed by atoms with Gasteiger partial charge in [-0.25, -0.2) is 10.3 Å². The Hall–Kier alpha value is -4.26. The van der Waals surface area contributed by atoms with Crippen molar-refractivity contribution in [1.82, 2.24) is 0 Å². The summed E-state index contributed by atoms with van der Waals surface area (Å²) in [6.45, 7) is 0. The number of amides is 1. The number of nitrogens with zero attached hydrogens (tertiary/aromatic N) is 2. The second-order valence-corrected chi connectivity index (χ2v) is 5.91. The van der Waals surface area contributed by atoms with E-state index in [-0.39, 0.29) is 0 Å². The topological polar surface area (TPSA) is 106 Å². The van der Waals surface area contributed by atoms with Crippen molar-refractivity contribution in [2.24, 2.45) is 10.2 Å². The van der Waals surface area contributed by atoms with Crippen LogP contribution >= 0.6 is 0 Å². The smallest absolute Gasteiger partial charge is 0.355 e. The van der Waals surface area contributed by atoms with E-state index in [0.717, 1.165) is 5.56 Å². The number of hydrogen-bond acceptors (Lipinski definition) is 6. The van der Waals surface area contributed by atoms with E-state index in [1.807, 2.05) is 30.3 Å². The van der Waals surface area contributed by atoms with Crippen LogP contribution < -0.4 is 11.2 Å². The molecule has 0 aliphatic rings. The van der Waals surface area contributed by atoms with Gasteiger partial charge < -0.3 is 10.6 Å². The fraction of sp³-hybridized carbons (Fsp3) is 0. The van der Waals surface area contributed by atoms with E-state index in [1.54, 1.807) is 54.6 Å². The molecule has 0 heterocycles. The summed E-state index contributed by atoms with van der Waals surface area (Å²) < 4.78 is 0. The normalized spacial score (nSPS) is 10.9. The van der Waals surface area contributed by atoms with E-state index >= 15 is 0 Å². The molecule has 144 valence electrons. The van der Waals surface area contributed by atoms with Crippen molar-refractivity contribution in [3.05, 3.63) is 96.1 Å². The van der Waals surface area contributed by atoms with Gasteiger partial charge in [0.25, 0.3) is 5.91 Å². The van der Waals surface area contributed by atoms with Crippen LogP contribution in [0.3, 0.4) is 0 Å². The van der Waals surface area contributed by atoms with Crippen LogP contribution in [0.25, 0.3) is 6.08 Å². The molecule has 0 fully saturated rings. The number of carbonyl (C=O) groups excluding carboxylic acids is 2. The van der Waals surface area contributed by atoms with Gasteiger partial charge in [-0.1, -0.05) is 42.5 Å². The van der Waals surface area contributed by atoms with E-state index < -0.39 is 11.9 Å². The Morgan fingerprint density at radius 3 is 2.31 bits per heavy atom. The molecule has 0 saturated heterocycles. The van der Waals surface area contributed by atoms with E-state index in [9.17, 15) is 9.59 Å². The van der Waals surface area contributed by atoms with Crippen LogP contribution in [0.15, 0.2) is 95.2 Å². The van der Waals surface area contributed by atoms with E-state index in [1.165, 1.54) is 6.08 Å². The summed E-state index contributed by atoms with van der Waals surface area (Å²) in [7, 11) is 0. The number of hydrogen-bond donors (Lipinski definition) is 2. The molecular weight excluding hydrogens is 368 g/mol. The molecule has 3 rings (SSSR count). The Bertz CT molecular complexity index is 1050. The zero-order valence-corrected chi connectivity index (χ0v) is 15.4. The Morgan fingerprint density at radius 1 is 0.897 bits per heavy atom. The van der Waals surface area contributed by atoms with Gasteiger partial charge in [0.05, 0.1) is 16.9 Å². The monoisotopic (exact) mass is 386 g/mol. The molecule has 0 aliphatic carbocycles. The predicted molar refractivity (Wildman–Crippen MR) is 111 cm³/mol. The molecule has 3 aromatic carbocycles. The lowest BCUT2D eigenvalue weighted by molar-refractivity contribution is -0.134. The van der Waals surface area contributed by atoms with Crippen LogP contribution in [0.1, 0.15) is 15.9 Å². The third-order valence-corrected chi connectivity index (χ3v) is 3.80. The number of nitrogens with one attached hydrogen (secondary N) is 1. The Labute approximate surface area is 167 Å². The first kappa shape index (κ1) is 19.5. The molecule has 7 heteroatoms. The lowest BCUT2D eigenvalue weighted by atomic mass is 10.2. The van der Waals surface area contributed by atoms with Crippen molar-refractivity contribution >= 4 is 35.0 Å². The largest absolute Gasteiger partial charge is 0.398 e. The van der Waals surface area contributed by atoms with Crippen molar-refractivity contribution in [1.29, 1.82) is 0 Å². The van der Waals surface area contributed by atoms with Gasteiger partial charge in [-0.2, -0.15) is 0 Å². The highest BCUT2D eigenvalue weighted by Gasteiger charge is 2.07. The second kappa shape index (κ2) is 9.61. The van der Waals surface area contributed by atoms with Crippen LogP contribution in [0.4, 0.5) is 17.1 Å². The molecule has 0 spiro atoms. The Balaban J connectivity index is 1.52. The molecule has 3 N–H and O–H groups in total. The molecule has 0 unspecified atom stereocenters. The molecule has 0 saturated carbocycles. The zero-order chi connectivity index (χ0) is 20.5. The molecular formula is C22H18N4O3. The van der Waals surface area contributed by atoms with Crippen LogP contribution in [-0.4, -0.2) is 11.9 Å². The van der Waals surface area contributed by atoms with Gasteiger partial charge in [0.2, 0.25) is 0 Å². The number of anilines is 2. The van der Waals surface area contributed by atoms with E-state index in [0.29, 0.717) is 22.6 Å². The number of para-hydroxylation sites is 1. The minimum absolute atomic E-state index is 0.296. The molecule has 0 aliphatic heterocycles. The molecule has 0 atom stereocenters. The fourth-order valence-electron chi connectivity index (χ4n) is 2.32. The van der Waals surface area contributed by atoms with Crippen LogP contribution in [0.5, 0.6) is 0 Å². The van der Waals surface area contributed by atoms with Gasteiger partial charge >= 0.3 is 5.97 Å². The highest BCUT2D eigenvalue weighted by molar-refractivity contribution is 5.99. The average molecular weight is 386 g/mol. The second-order valence-electron chi connectivity index (χ2n) is 5.91. The van der Waals surface area contributed by atoms with Crippen molar-refractivity contribution in [3.8, 4) is 0 Å². The molecule has 7 nitrogen and oxygen atoms in total. The average Bonchev–Trinajstić information content (AvgIpc) is 2.76. The first-order valence-corrected chi connectivity index (χ1v) is 8.72. The molecule has 0 aromatic heterocycles. The molecule has 0 radical (unpaired) electrons. The lowest BCUT2D eigenvalue weighted by Gasteiger charge is -2.04. The number of nitrogen functional groups attached to an aromatic ring is 1. The first-order valence-electron chi connectivity index (χ1n) is 8.72. The third kappa shape index (κ3) is 5.86. The lowest BCUT2D eigenvalue weighted by Crippen LogP contribution is -2.07. The number of carbonyl (C=O) groups is 2. The Morgan fingerprint density at radius 2 is 1.59 bits per heavy atom. The van der Waals surface area contributed by atoms with E-state index in [4.69, 9.17) is 10.6 Å². The van der Waals surface area contributed by atoms with Gasteiger partial charge in [0.15, 0.2) is 0 Å². The molecule has 1 amide bonds. The van der Waals surface area contributed by atoms with Gasteiger partial charge in [-0.05, 0) is 48.0 Å². The molecule has 3 aromatic rings. The summed E-state index contributed by atoms with van der Waals surface area (Å²) in [4.78, 5) is 28.7. The summed E-state index contributed by atoms with van der Waals surface area (Å²) in [6.07, 6.45) is 2.98. The third-order valence-electron chi connectivity index (χ3n) is 3.80. The van der Waals surface area contributed by atoms with Gasteiger partial charge in [0, 0.05) is 11.8 Å². The maximum absolute atomic E-state index is 12.0. The van der Waals surface area contributed by atoms with Gasteiger partial charge in [-0.15, -0.1) is 10.2 Å². The van der Waals surface area contributed by atoms with Crippen LogP contribution in [0.2, 0.25) is 0 Å². The summed E-state index contributed by atoms with van der Waals surface area (Å²) in [5, 5.41) is 7.57. The molecule has 29 heavy (non-hydrogen) atoms. The SMILES string of the molecule is Nc1ccccc1C(=O)N=Nc1ccc(NOC(=O)/C=C/c2ccccc2)cc1. The predicted octanol–water partition coefficient (Wildman–Crippen LogP) is 4.78. The number of rotatable bonds is 6. The van der Waals surface area contributed by atoms with Crippen molar-refractivity contribution in [3.63, 3.8) is 0 Å². The number of azo groups is 1. The van der Waals surface area contributed by atoms with Crippen molar-refractivity contribution < 1.29 is 14.4 Å². The van der Waals surface area contributed by atoms with Crippen molar-refractivity contribution in [2.75, 3.05) is 11.2 Å². The van der Waals surface area contributed by atoms with Crippen LogP contribution in [-0.2, 0) is 9.63 Å². The number of benzene rings is 3. The summed E-state index contributed by atoms with van der Waals surface area (Å²) >= 11 is 0. The minimum atomic E-state index is -0.538. The van der Waals surface area contributed by atoms with Crippen molar-refractivity contribution in [2.45, 2.75) is 0 Å². The highest BCUT2D eigenvalue weighted by Crippen LogP contribution is 2.18. The Kier molecular flexibility index (Phi) is 6.46. The summed E-state index contributed by atoms with van der Waals surface area (Å²) in [5.41, 5.74) is 10.8. The number of nitrogens with two attached hydrogens (primary N) is 1. The van der Waals surface area contributed by atoms with E-state index in [2.05, 4.69) is 15.7 Å². The van der Waals surface area contributed by atoms with Gasteiger partial charge in [-0.3, -0.25) is 4.79 Å².